The predicted octanol–water partition coefficient (Wildman–Crippen LogP) is 4.43. The van der Waals surface area contributed by atoms with Crippen molar-refractivity contribution in [2.45, 2.75) is 38.1 Å². The molecular weight excluding hydrogens is 396 g/mol. The fourth-order valence-electron chi connectivity index (χ4n) is 4.52. The molecule has 1 aliphatic carbocycles. The van der Waals surface area contributed by atoms with Gasteiger partial charge in [-0.3, -0.25) is 4.90 Å². The summed E-state index contributed by atoms with van der Waals surface area (Å²) < 4.78 is 16.5. The lowest BCUT2D eigenvalue weighted by atomic mass is 9.87. The minimum atomic E-state index is -0.284. The Labute approximate surface area is 181 Å². The summed E-state index contributed by atoms with van der Waals surface area (Å²) in [6.45, 7) is 1.05. The summed E-state index contributed by atoms with van der Waals surface area (Å²) in [7, 11) is 4.10. The van der Waals surface area contributed by atoms with E-state index in [9.17, 15) is 0 Å². The maximum Gasteiger partial charge on any atom is 0.198 e. The van der Waals surface area contributed by atoms with Crippen molar-refractivity contribution < 1.29 is 9.47 Å². The molecule has 5 rings (SSSR count). The molecule has 0 bridgehead atoms. The molecule has 0 amide bonds. The Hall–Kier alpha value is -2.64. The van der Waals surface area contributed by atoms with Gasteiger partial charge in [0.2, 0.25) is 0 Å². The van der Waals surface area contributed by atoms with Crippen LogP contribution < -0.4 is 9.47 Å². The maximum atomic E-state index is 6.15. The summed E-state index contributed by atoms with van der Waals surface area (Å²) >= 11 is 5.70. The molecule has 2 heterocycles. The quantitative estimate of drug-likeness (QED) is 0.582. The van der Waals surface area contributed by atoms with Crippen molar-refractivity contribution in [3.63, 3.8) is 0 Å². The van der Waals surface area contributed by atoms with Crippen molar-refractivity contribution in [2.24, 2.45) is 7.05 Å². The smallest absolute Gasteiger partial charge is 0.198 e. The summed E-state index contributed by atoms with van der Waals surface area (Å²) in [6.07, 6.45) is 3.23. The van der Waals surface area contributed by atoms with Gasteiger partial charge in [0.05, 0.1) is 6.67 Å². The third-order valence-corrected chi connectivity index (χ3v) is 6.58. The molecule has 156 valence electrons. The van der Waals surface area contributed by atoms with Crippen LogP contribution in [-0.2, 0) is 20.1 Å². The van der Waals surface area contributed by atoms with Gasteiger partial charge in [0, 0.05) is 13.1 Å². The highest BCUT2D eigenvalue weighted by Gasteiger charge is 2.28. The van der Waals surface area contributed by atoms with Crippen LogP contribution in [0.2, 0.25) is 0 Å². The zero-order valence-electron chi connectivity index (χ0n) is 17.3. The Morgan fingerprint density at radius 2 is 1.90 bits per heavy atom. The topological polar surface area (TPSA) is 44.5 Å². The number of ether oxygens (including phenoxy) is 2. The van der Waals surface area contributed by atoms with Gasteiger partial charge in [-0.25, -0.2) is 4.68 Å². The van der Waals surface area contributed by atoms with Crippen LogP contribution in [0.3, 0.4) is 0 Å². The number of benzene rings is 2. The van der Waals surface area contributed by atoms with Gasteiger partial charge in [0.25, 0.3) is 0 Å². The number of para-hydroxylation sites is 2. The molecule has 2 aliphatic rings. The first-order valence-corrected chi connectivity index (χ1v) is 10.8. The summed E-state index contributed by atoms with van der Waals surface area (Å²) in [5.74, 6) is 2.29. The SMILES string of the molecule is CN(Cn1nc(C2COc3ccccc3O2)n(C)c1=S)C1CCCc2ccccc21. The van der Waals surface area contributed by atoms with E-state index in [-0.39, 0.29) is 6.10 Å². The molecule has 2 aromatic carbocycles. The number of rotatable bonds is 4. The van der Waals surface area contributed by atoms with E-state index in [2.05, 4.69) is 36.2 Å². The number of aryl methyl sites for hydroxylation is 1. The van der Waals surface area contributed by atoms with E-state index in [1.807, 2.05) is 40.6 Å². The van der Waals surface area contributed by atoms with Crippen LogP contribution in [0.1, 0.15) is 41.9 Å². The average molecular weight is 423 g/mol. The molecule has 2 atom stereocenters. The standard InChI is InChI=1S/C23H26N4O2S/c1-25(18-11-7-9-16-8-3-4-10-17(16)18)15-27-23(30)26(2)22(24-27)21-14-28-19-12-5-6-13-20(19)29-21/h3-6,8,10,12-13,18,21H,7,9,11,14-15H2,1-2H3. The molecule has 1 aliphatic heterocycles. The summed E-state index contributed by atoms with van der Waals surface area (Å²) in [5.41, 5.74) is 2.88. The molecule has 1 aromatic heterocycles. The lowest BCUT2D eigenvalue weighted by Crippen LogP contribution is -2.30. The largest absolute Gasteiger partial charge is 0.485 e. The molecule has 0 saturated heterocycles. The zero-order chi connectivity index (χ0) is 20.7. The maximum absolute atomic E-state index is 6.15. The van der Waals surface area contributed by atoms with Crippen LogP contribution in [0.4, 0.5) is 0 Å². The highest BCUT2D eigenvalue weighted by Crippen LogP contribution is 2.36. The second kappa shape index (κ2) is 7.89. The monoisotopic (exact) mass is 422 g/mol. The molecule has 0 radical (unpaired) electrons. The summed E-state index contributed by atoms with van der Waals surface area (Å²) in [4.78, 5) is 2.35. The number of aromatic nitrogens is 3. The number of hydrogen-bond donors (Lipinski definition) is 0. The first kappa shape index (κ1) is 19.3. The molecule has 6 nitrogen and oxygen atoms in total. The van der Waals surface area contributed by atoms with E-state index in [1.54, 1.807) is 0 Å². The molecule has 7 heteroatoms. The van der Waals surface area contributed by atoms with Crippen molar-refractivity contribution in [3.05, 3.63) is 70.3 Å². The van der Waals surface area contributed by atoms with Crippen LogP contribution in [0.15, 0.2) is 48.5 Å². The number of hydrogen-bond acceptors (Lipinski definition) is 5. The number of fused-ring (bicyclic) bond motifs is 2. The van der Waals surface area contributed by atoms with E-state index >= 15 is 0 Å². The minimum absolute atomic E-state index is 0.284. The Morgan fingerprint density at radius 3 is 2.77 bits per heavy atom. The fraction of sp³-hybridized carbons (Fsp3) is 0.391. The van der Waals surface area contributed by atoms with Crippen LogP contribution in [0, 0.1) is 4.77 Å². The molecule has 0 fully saturated rings. The third-order valence-electron chi connectivity index (χ3n) is 6.10. The van der Waals surface area contributed by atoms with Gasteiger partial charge in [0.15, 0.2) is 28.2 Å². The van der Waals surface area contributed by atoms with Crippen molar-refractivity contribution in [2.75, 3.05) is 13.7 Å². The van der Waals surface area contributed by atoms with E-state index < -0.39 is 0 Å². The van der Waals surface area contributed by atoms with Gasteiger partial charge in [-0.15, -0.1) is 0 Å². The van der Waals surface area contributed by atoms with Crippen LogP contribution in [0.5, 0.6) is 11.5 Å². The molecule has 0 N–H and O–H groups in total. The summed E-state index contributed by atoms with van der Waals surface area (Å²) in [5, 5.41) is 4.83. The molecule has 0 spiro atoms. The van der Waals surface area contributed by atoms with Crippen molar-refractivity contribution in [1.29, 1.82) is 0 Å². The Morgan fingerprint density at radius 1 is 1.13 bits per heavy atom. The Bertz CT molecular complexity index is 1120. The first-order chi connectivity index (χ1) is 14.6. The highest BCUT2D eigenvalue weighted by molar-refractivity contribution is 7.71. The highest BCUT2D eigenvalue weighted by atomic mass is 32.1. The minimum Gasteiger partial charge on any atom is -0.485 e. The van der Waals surface area contributed by atoms with Crippen molar-refractivity contribution >= 4 is 12.2 Å². The fourth-order valence-corrected chi connectivity index (χ4v) is 4.71. The second-order valence-electron chi connectivity index (χ2n) is 8.07. The normalized spacial score (nSPS) is 20.2. The van der Waals surface area contributed by atoms with E-state index in [1.165, 1.54) is 17.5 Å². The number of nitrogens with zero attached hydrogens (tertiary/aromatic N) is 4. The second-order valence-corrected chi connectivity index (χ2v) is 8.43. The van der Waals surface area contributed by atoms with Gasteiger partial charge in [-0.1, -0.05) is 36.4 Å². The van der Waals surface area contributed by atoms with Gasteiger partial charge in [0.1, 0.15) is 6.61 Å². The van der Waals surface area contributed by atoms with Gasteiger partial charge < -0.3 is 14.0 Å². The van der Waals surface area contributed by atoms with Gasteiger partial charge in [-0.05, 0) is 61.8 Å². The molecule has 30 heavy (non-hydrogen) atoms. The van der Waals surface area contributed by atoms with E-state index in [0.29, 0.717) is 24.1 Å². The third kappa shape index (κ3) is 3.42. The summed E-state index contributed by atoms with van der Waals surface area (Å²) in [6, 6.07) is 16.9. The lowest BCUT2D eigenvalue weighted by Gasteiger charge is -2.33. The first-order valence-electron chi connectivity index (χ1n) is 10.4. The predicted molar refractivity (Wildman–Crippen MR) is 117 cm³/mol. The zero-order valence-corrected chi connectivity index (χ0v) is 18.1. The van der Waals surface area contributed by atoms with E-state index in [0.717, 1.165) is 30.2 Å². The van der Waals surface area contributed by atoms with Crippen LogP contribution in [-0.4, -0.2) is 32.9 Å². The Balaban J connectivity index is 1.38. The van der Waals surface area contributed by atoms with Crippen molar-refractivity contribution in [3.8, 4) is 11.5 Å². The molecule has 2 unspecified atom stereocenters. The molecular formula is C23H26N4O2S. The van der Waals surface area contributed by atoms with Crippen LogP contribution >= 0.6 is 12.2 Å². The molecule has 0 saturated carbocycles. The molecule has 3 aromatic rings. The lowest BCUT2D eigenvalue weighted by molar-refractivity contribution is 0.0818. The van der Waals surface area contributed by atoms with Gasteiger partial charge >= 0.3 is 0 Å². The van der Waals surface area contributed by atoms with Gasteiger partial charge in [-0.2, -0.15) is 5.10 Å². The van der Waals surface area contributed by atoms with Crippen molar-refractivity contribution in [1.82, 2.24) is 19.2 Å². The van der Waals surface area contributed by atoms with Crippen LogP contribution in [0.25, 0.3) is 0 Å². The average Bonchev–Trinajstić information content (AvgIpc) is 3.06. The Kier molecular flexibility index (Phi) is 5.08. The van der Waals surface area contributed by atoms with E-state index in [4.69, 9.17) is 26.8 Å².